The van der Waals surface area contributed by atoms with Crippen molar-refractivity contribution >= 4 is 5.91 Å². The number of benzene rings is 2. The number of hydrogen-bond donors (Lipinski definition) is 2. The van der Waals surface area contributed by atoms with E-state index in [1.165, 1.54) is 0 Å². The van der Waals surface area contributed by atoms with Crippen molar-refractivity contribution in [1.29, 1.82) is 0 Å². The van der Waals surface area contributed by atoms with E-state index < -0.39 is 11.5 Å². The molecule has 128 valence electrons. The lowest BCUT2D eigenvalue weighted by Crippen LogP contribution is -2.49. The van der Waals surface area contributed by atoms with Crippen LogP contribution in [-0.4, -0.2) is 30.3 Å². The van der Waals surface area contributed by atoms with Crippen molar-refractivity contribution in [3.05, 3.63) is 71.8 Å². The molecule has 0 aliphatic rings. The third-order valence-corrected chi connectivity index (χ3v) is 4.51. The Labute approximate surface area is 143 Å². The fourth-order valence-corrected chi connectivity index (χ4v) is 2.63. The zero-order chi connectivity index (χ0) is 17.6. The molecule has 0 aromatic heterocycles. The molecule has 3 atom stereocenters. The predicted molar refractivity (Wildman–Crippen MR) is 94.7 cm³/mol. The summed E-state index contributed by atoms with van der Waals surface area (Å²) in [5, 5.41) is 13.5. The molecular weight excluding hydrogens is 302 g/mol. The van der Waals surface area contributed by atoms with Crippen LogP contribution >= 0.6 is 0 Å². The largest absolute Gasteiger partial charge is 0.380 e. The first-order chi connectivity index (χ1) is 11.5. The first-order valence-electron chi connectivity index (χ1n) is 8.10. The Hall–Kier alpha value is -2.17. The van der Waals surface area contributed by atoms with Crippen molar-refractivity contribution in [2.45, 2.75) is 31.5 Å². The molecule has 4 heteroatoms. The van der Waals surface area contributed by atoms with Crippen LogP contribution in [0.15, 0.2) is 60.7 Å². The topological polar surface area (TPSA) is 58.6 Å². The summed E-state index contributed by atoms with van der Waals surface area (Å²) in [4.78, 5) is 12.5. The highest BCUT2D eigenvalue weighted by Crippen LogP contribution is 2.28. The average Bonchev–Trinajstić information content (AvgIpc) is 2.63. The van der Waals surface area contributed by atoms with Crippen LogP contribution in [-0.2, 0) is 9.53 Å². The number of carbonyl (C=O) groups excluding carboxylic acids is 1. The van der Waals surface area contributed by atoms with E-state index in [1.54, 1.807) is 14.0 Å². The second-order valence-electron chi connectivity index (χ2n) is 6.12. The van der Waals surface area contributed by atoms with Gasteiger partial charge >= 0.3 is 0 Å². The number of nitrogens with one attached hydrogen (secondary N) is 1. The maximum atomic E-state index is 12.5. The van der Waals surface area contributed by atoms with Crippen LogP contribution in [0.25, 0.3) is 0 Å². The number of amides is 1. The van der Waals surface area contributed by atoms with Crippen molar-refractivity contribution < 1.29 is 14.6 Å². The number of methoxy groups -OCH3 is 1. The smallest absolute Gasteiger partial charge is 0.252 e. The Morgan fingerprint density at radius 1 is 1.08 bits per heavy atom. The van der Waals surface area contributed by atoms with Crippen LogP contribution in [0.2, 0.25) is 0 Å². The van der Waals surface area contributed by atoms with Gasteiger partial charge in [0.25, 0.3) is 5.91 Å². The van der Waals surface area contributed by atoms with Crippen molar-refractivity contribution in [2.75, 3.05) is 13.7 Å². The van der Waals surface area contributed by atoms with E-state index in [0.29, 0.717) is 6.54 Å². The van der Waals surface area contributed by atoms with E-state index in [4.69, 9.17) is 4.74 Å². The molecule has 0 aliphatic carbocycles. The molecule has 1 amide bonds. The molecule has 0 saturated heterocycles. The fourth-order valence-electron chi connectivity index (χ4n) is 2.63. The number of carbonyl (C=O) groups is 1. The highest BCUT2D eigenvalue weighted by Gasteiger charge is 2.37. The van der Waals surface area contributed by atoms with E-state index >= 15 is 0 Å². The summed E-state index contributed by atoms with van der Waals surface area (Å²) in [6.07, 6.45) is -0.252. The summed E-state index contributed by atoms with van der Waals surface area (Å²) < 4.78 is 5.45. The van der Waals surface area contributed by atoms with Gasteiger partial charge in [-0.25, -0.2) is 0 Å². The lowest BCUT2D eigenvalue weighted by molar-refractivity contribution is -0.140. The average molecular weight is 327 g/mol. The molecule has 0 spiro atoms. The number of aliphatic hydroxyl groups is 1. The van der Waals surface area contributed by atoms with Gasteiger partial charge in [0, 0.05) is 19.6 Å². The molecule has 2 rings (SSSR count). The predicted octanol–water partition coefficient (Wildman–Crippen LogP) is 3.05. The summed E-state index contributed by atoms with van der Waals surface area (Å²) in [7, 11) is 1.61. The van der Waals surface area contributed by atoms with Crippen LogP contribution in [0, 0.1) is 0 Å². The van der Waals surface area contributed by atoms with Gasteiger partial charge in [-0.05, 0) is 18.1 Å². The Morgan fingerprint density at radius 3 is 2.08 bits per heavy atom. The standard InChI is InChI=1S/C20H25NO3/c1-15(16-10-6-4-7-11-16)20(2,23)19(22)21-14-18(24-3)17-12-8-5-9-13-17/h4-13,15,18,23H,14H2,1-3H3,(H,21,22). The molecule has 0 aliphatic heterocycles. The van der Waals surface area contributed by atoms with Gasteiger partial charge < -0.3 is 15.2 Å². The second kappa shape index (κ2) is 8.08. The summed E-state index contributed by atoms with van der Waals surface area (Å²) in [5.74, 6) is -0.728. The van der Waals surface area contributed by atoms with Gasteiger partial charge in [-0.2, -0.15) is 0 Å². The third-order valence-electron chi connectivity index (χ3n) is 4.51. The molecule has 2 aromatic carbocycles. The summed E-state index contributed by atoms with van der Waals surface area (Å²) in [5.41, 5.74) is 0.399. The van der Waals surface area contributed by atoms with Gasteiger partial charge in [0.2, 0.25) is 0 Å². The fraction of sp³-hybridized carbons (Fsp3) is 0.350. The number of hydrogen-bond acceptors (Lipinski definition) is 3. The van der Waals surface area contributed by atoms with Crippen LogP contribution in [0.5, 0.6) is 0 Å². The van der Waals surface area contributed by atoms with Crippen LogP contribution in [0.1, 0.15) is 37.0 Å². The molecule has 2 aromatic rings. The van der Waals surface area contributed by atoms with Gasteiger partial charge in [-0.3, -0.25) is 4.79 Å². The monoisotopic (exact) mass is 327 g/mol. The van der Waals surface area contributed by atoms with Gasteiger partial charge in [-0.15, -0.1) is 0 Å². The SMILES string of the molecule is COC(CNC(=O)C(C)(O)C(C)c1ccccc1)c1ccccc1. The second-order valence-corrected chi connectivity index (χ2v) is 6.12. The molecule has 0 bridgehead atoms. The Balaban J connectivity index is 2.02. The molecular formula is C20H25NO3. The maximum absolute atomic E-state index is 12.5. The minimum absolute atomic E-state index is 0.252. The van der Waals surface area contributed by atoms with Crippen molar-refractivity contribution in [1.82, 2.24) is 5.32 Å². The van der Waals surface area contributed by atoms with Gasteiger partial charge in [0.1, 0.15) is 5.60 Å². The molecule has 3 unspecified atom stereocenters. The van der Waals surface area contributed by atoms with E-state index in [1.807, 2.05) is 67.6 Å². The van der Waals surface area contributed by atoms with Gasteiger partial charge in [0.05, 0.1) is 6.10 Å². The van der Waals surface area contributed by atoms with Crippen molar-refractivity contribution in [3.63, 3.8) is 0 Å². The lowest BCUT2D eigenvalue weighted by atomic mass is 9.84. The number of rotatable bonds is 7. The normalized spacial score (nSPS) is 16.0. The zero-order valence-corrected chi connectivity index (χ0v) is 14.4. The van der Waals surface area contributed by atoms with Crippen molar-refractivity contribution in [3.8, 4) is 0 Å². The van der Waals surface area contributed by atoms with E-state index in [2.05, 4.69) is 5.32 Å². The molecule has 24 heavy (non-hydrogen) atoms. The zero-order valence-electron chi connectivity index (χ0n) is 14.4. The van der Waals surface area contributed by atoms with Crippen molar-refractivity contribution in [2.24, 2.45) is 0 Å². The molecule has 0 heterocycles. The molecule has 4 nitrogen and oxygen atoms in total. The van der Waals surface area contributed by atoms with Gasteiger partial charge in [-0.1, -0.05) is 67.6 Å². The first-order valence-corrected chi connectivity index (χ1v) is 8.10. The summed E-state index contributed by atoms with van der Waals surface area (Å²) in [6.45, 7) is 3.70. The number of ether oxygens (including phenoxy) is 1. The minimum atomic E-state index is -1.50. The summed E-state index contributed by atoms with van der Waals surface area (Å²) >= 11 is 0. The Morgan fingerprint density at radius 2 is 1.58 bits per heavy atom. The van der Waals surface area contributed by atoms with E-state index in [-0.39, 0.29) is 12.0 Å². The Bertz CT molecular complexity index is 640. The highest BCUT2D eigenvalue weighted by atomic mass is 16.5. The Kier molecular flexibility index (Phi) is 6.12. The highest BCUT2D eigenvalue weighted by molar-refractivity contribution is 5.85. The first kappa shape index (κ1) is 18.2. The van der Waals surface area contributed by atoms with Crippen LogP contribution < -0.4 is 5.32 Å². The molecule has 0 fully saturated rings. The molecule has 2 N–H and O–H groups in total. The molecule has 0 radical (unpaired) electrons. The summed E-state index contributed by atoms with van der Waals surface area (Å²) in [6, 6.07) is 19.2. The van der Waals surface area contributed by atoms with Gasteiger partial charge in [0.15, 0.2) is 0 Å². The quantitative estimate of drug-likeness (QED) is 0.822. The minimum Gasteiger partial charge on any atom is -0.380 e. The maximum Gasteiger partial charge on any atom is 0.252 e. The lowest BCUT2D eigenvalue weighted by Gasteiger charge is -2.30. The van der Waals surface area contributed by atoms with Crippen LogP contribution in [0.4, 0.5) is 0 Å². The molecule has 0 saturated carbocycles. The third kappa shape index (κ3) is 4.22. The van der Waals surface area contributed by atoms with E-state index in [9.17, 15) is 9.90 Å². The van der Waals surface area contributed by atoms with E-state index in [0.717, 1.165) is 11.1 Å². The van der Waals surface area contributed by atoms with Crippen LogP contribution in [0.3, 0.4) is 0 Å².